The Morgan fingerprint density at radius 3 is 2.23 bits per heavy atom. The van der Waals surface area contributed by atoms with Crippen LogP contribution in [0.25, 0.3) is 11.2 Å². The van der Waals surface area contributed by atoms with Crippen molar-refractivity contribution in [2.45, 2.75) is 13.8 Å². The lowest BCUT2D eigenvalue weighted by Gasteiger charge is -2.22. The molecule has 8 heteroatoms. The second kappa shape index (κ2) is 5.62. The molecule has 2 fully saturated rings. The molecule has 0 N–H and O–H groups in total. The summed E-state index contributed by atoms with van der Waals surface area (Å²) in [5, 5.41) is 0. The van der Waals surface area contributed by atoms with Crippen LogP contribution in [0.3, 0.4) is 0 Å². The Labute approximate surface area is 151 Å². The molecule has 8 nitrogen and oxygen atoms in total. The molecule has 2 atom stereocenters. The summed E-state index contributed by atoms with van der Waals surface area (Å²) in [4.78, 5) is 27.4. The van der Waals surface area contributed by atoms with Crippen LogP contribution in [-0.4, -0.2) is 55.7 Å². The van der Waals surface area contributed by atoms with Gasteiger partial charge in [0.05, 0.1) is 6.33 Å². The minimum absolute atomic E-state index is 0.605. The monoisotopic (exact) mass is 350 g/mol. The topological polar surface area (TPSA) is 75.9 Å². The molecule has 0 amide bonds. The zero-order valence-electron chi connectivity index (χ0n) is 15.3. The summed E-state index contributed by atoms with van der Waals surface area (Å²) in [6.07, 6.45) is 3.45. The van der Waals surface area contributed by atoms with Crippen LogP contribution >= 0.6 is 0 Å². The van der Waals surface area contributed by atoms with Crippen molar-refractivity contribution >= 4 is 22.9 Å². The molecule has 5 rings (SSSR count). The molecule has 0 spiro atoms. The number of hydrogen-bond donors (Lipinski definition) is 0. The van der Waals surface area contributed by atoms with Crippen molar-refractivity contribution in [1.29, 1.82) is 0 Å². The Morgan fingerprint density at radius 1 is 0.885 bits per heavy atom. The van der Waals surface area contributed by atoms with Crippen molar-refractivity contribution < 1.29 is 0 Å². The van der Waals surface area contributed by atoms with Gasteiger partial charge in [-0.05, 0) is 19.9 Å². The number of aryl methyl sites for hydroxylation is 3. The molecular formula is C18H22N8. The first-order valence-electron chi connectivity index (χ1n) is 9.02. The maximum absolute atomic E-state index is 4.63. The van der Waals surface area contributed by atoms with E-state index in [0.717, 1.165) is 60.5 Å². The molecule has 3 aromatic rings. The van der Waals surface area contributed by atoms with Gasteiger partial charge < -0.3 is 14.4 Å². The fraction of sp³-hybridized carbons (Fsp3) is 0.500. The fourth-order valence-electron chi connectivity index (χ4n) is 4.34. The molecule has 3 aromatic heterocycles. The van der Waals surface area contributed by atoms with E-state index < -0.39 is 0 Å². The van der Waals surface area contributed by atoms with Gasteiger partial charge in [-0.25, -0.2) is 24.9 Å². The van der Waals surface area contributed by atoms with E-state index in [1.54, 1.807) is 12.7 Å². The number of rotatable bonds is 2. The van der Waals surface area contributed by atoms with E-state index in [0.29, 0.717) is 11.8 Å². The molecule has 2 saturated heterocycles. The first-order chi connectivity index (χ1) is 12.6. The average Bonchev–Trinajstić information content (AvgIpc) is 3.27. The minimum atomic E-state index is 0.605. The Bertz CT molecular complexity index is 946. The number of imidazole rings is 1. The molecule has 2 aliphatic heterocycles. The number of nitrogens with zero attached hydrogens (tertiary/aromatic N) is 8. The molecule has 0 bridgehead atoms. The molecule has 0 radical (unpaired) electrons. The molecule has 26 heavy (non-hydrogen) atoms. The van der Waals surface area contributed by atoms with E-state index in [-0.39, 0.29) is 0 Å². The van der Waals surface area contributed by atoms with Crippen molar-refractivity contribution in [2.75, 3.05) is 36.0 Å². The van der Waals surface area contributed by atoms with Gasteiger partial charge in [0, 0.05) is 56.5 Å². The van der Waals surface area contributed by atoms with E-state index in [2.05, 4.69) is 34.7 Å². The number of fused-ring (bicyclic) bond motifs is 2. The first kappa shape index (κ1) is 15.5. The van der Waals surface area contributed by atoms with Crippen LogP contribution < -0.4 is 9.80 Å². The molecule has 0 aromatic carbocycles. The highest BCUT2D eigenvalue weighted by atomic mass is 15.3. The number of anilines is 2. The summed E-state index contributed by atoms with van der Waals surface area (Å²) in [7, 11) is 1.96. The predicted molar refractivity (Wildman–Crippen MR) is 99.2 cm³/mol. The van der Waals surface area contributed by atoms with Gasteiger partial charge >= 0.3 is 0 Å². The summed E-state index contributed by atoms with van der Waals surface area (Å²) in [5.41, 5.74) is 3.84. The van der Waals surface area contributed by atoms with Crippen LogP contribution in [0.2, 0.25) is 0 Å². The molecule has 0 saturated carbocycles. The maximum atomic E-state index is 4.63. The van der Waals surface area contributed by atoms with E-state index in [4.69, 9.17) is 0 Å². The van der Waals surface area contributed by atoms with E-state index in [1.165, 1.54) is 0 Å². The van der Waals surface area contributed by atoms with E-state index in [1.807, 2.05) is 31.5 Å². The Kier molecular flexibility index (Phi) is 3.35. The summed E-state index contributed by atoms with van der Waals surface area (Å²) in [6.45, 7) is 8.05. The van der Waals surface area contributed by atoms with Gasteiger partial charge in [0.1, 0.15) is 6.33 Å². The third-order valence-corrected chi connectivity index (χ3v) is 5.52. The normalized spacial score (nSPS) is 22.4. The first-order valence-corrected chi connectivity index (χ1v) is 9.02. The van der Waals surface area contributed by atoms with Gasteiger partial charge in [-0.2, -0.15) is 0 Å². The lowest BCUT2D eigenvalue weighted by molar-refractivity contribution is 0.533. The fourth-order valence-corrected chi connectivity index (χ4v) is 4.34. The van der Waals surface area contributed by atoms with Crippen molar-refractivity contribution in [2.24, 2.45) is 18.9 Å². The standard InChI is InChI=1S/C18H22N8/c1-11-4-12(2)23-18(22-11)26-7-13-5-25(6-14(13)8-26)17-15-16(19-9-20-17)24(3)10-21-15/h4,9-10,13-14H,5-8H2,1-3H3. The van der Waals surface area contributed by atoms with Gasteiger partial charge in [0.2, 0.25) is 5.95 Å². The highest BCUT2D eigenvalue weighted by Gasteiger charge is 2.41. The molecule has 134 valence electrons. The van der Waals surface area contributed by atoms with Crippen molar-refractivity contribution in [3.05, 3.63) is 30.1 Å². The molecule has 2 aliphatic rings. The van der Waals surface area contributed by atoms with E-state index in [9.17, 15) is 0 Å². The van der Waals surface area contributed by atoms with Gasteiger partial charge in [-0.1, -0.05) is 0 Å². The van der Waals surface area contributed by atoms with Gasteiger partial charge in [0.15, 0.2) is 17.0 Å². The average molecular weight is 350 g/mol. The van der Waals surface area contributed by atoms with Crippen molar-refractivity contribution in [3.63, 3.8) is 0 Å². The second-order valence-corrected chi connectivity index (χ2v) is 7.51. The van der Waals surface area contributed by atoms with Gasteiger partial charge in [0.25, 0.3) is 0 Å². The number of hydrogen-bond acceptors (Lipinski definition) is 7. The molecule has 2 unspecified atom stereocenters. The molecule has 5 heterocycles. The summed E-state index contributed by atoms with van der Waals surface area (Å²) in [5.74, 6) is 3.04. The van der Waals surface area contributed by atoms with Crippen LogP contribution in [0.4, 0.5) is 11.8 Å². The Balaban J connectivity index is 1.37. The van der Waals surface area contributed by atoms with Crippen molar-refractivity contribution in [1.82, 2.24) is 29.5 Å². The summed E-state index contributed by atoms with van der Waals surface area (Å²) >= 11 is 0. The molecular weight excluding hydrogens is 328 g/mol. The molecule has 0 aliphatic carbocycles. The Morgan fingerprint density at radius 2 is 1.54 bits per heavy atom. The van der Waals surface area contributed by atoms with Crippen LogP contribution in [0.5, 0.6) is 0 Å². The van der Waals surface area contributed by atoms with E-state index >= 15 is 0 Å². The third-order valence-electron chi connectivity index (χ3n) is 5.52. The van der Waals surface area contributed by atoms with Gasteiger partial charge in [-0.15, -0.1) is 0 Å². The zero-order chi connectivity index (χ0) is 17.8. The number of aromatic nitrogens is 6. The lowest BCUT2D eigenvalue weighted by atomic mass is 10.0. The van der Waals surface area contributed by atoms with Crippen LogP contribution in [0, 0.1) is 25.7 Å². The largest absolute Gasteiger partial charge is 0.354 e. The highest BCUT2D eigenvalue weighted by Crippen LogP contribution is 2.36. The maximum Gasteiger partial charge on any atom is 0.225 e. The SMILES string of the molecule is Cc1cc(C)nc(N2CC3CN(c4ncnc5c4ncn5C)CC3C2)n1. The predicted octanol–water partition coefficient (Wildman–Crippen LogP) is 1.34. The third kappa shape index (κ3) is 2.40. The lowest BCUT2D eigenvalue weighted by Crippen LogP contribution is -2.30. The van der Waals surface area contributed by atoms with Crippen LogP contribution in [0.1, 0.15) is 11.4 Å². The highest BCUT2D eigenvalue weighted by molar-refractivity contribution is 5.83. The van der Waals surface area contributed by atoms with Crippen molar-refractivity contribution in [3.8, 4) is 0 Å². The second-order valence-electron chi connectivity index (χ2n) is 7.51. The quantitative estimate of drug-likeness (QED) is 0.690. The Hall–Kier alpha value is -2.77. The summed E-state index contributed by atoms with van der Waals surface area (Å²) < 4.78 is 1.94. The van der Waals surface area contributed by atoms with Crippen LogP contribution in [0.15, 0.2) is 18.7 Å². The van der Waals surface area contributed by atoms with Gasteiger partial charge in [-0.3, -0.25) is 0 Å². The minimum Gasteiger partial charge on any atom is -0.354 e. The smallest absolute Gasteiger partial charge is 0.225 e. The zero-order valence-corrected chi connectivity index (χ0v) is 15.3. The van der Waals surface area contributed by atoms with Crippen LogP contribution in [-0.2, 0) is 7.05 Å². The summed E-state index contributed by atoms with van der Waals surface area (Å²) in [6, 6.07) is 2.02.